The van der Waals surface area contributed by atoms with Gasteiger partial charge < -0.3 is 19.4 Å². The molecule has 21 heavy (non-hydrogen) atoms. The topological polar surface area (TPSA) is 93.4 Å². The third-order valence-electron chi connectivity index (χ3n) is 3.27. The van der Waals surface area contributed by atoms with Gasteiger partial charge >= 0.3 is 0 Å². The van der Waals surface area contributed by atoms with E-state index in [1.807, 2.05) is 0 Å². The van der Waals surface area contributed by atoms with Gasteiger partial charge in [0.15, 0.2) is 6.39 Å². The second kappa shape index (κ2) is 5.88. The number of aromatic nitrogens is 3. The van der Waals surface area contributed by atoms with Gasteiger partial charge in [0.1, 0.15) is 17.6 Å². The predicted molar refractivity (Wildman–Crippen MR) is 72.7 cm³/mol. The van der Waals surface area contributed by atoms with Crippen LogP contribution in [0.2, 0.25) is 0 Å². The molecule has 1 atom stereocenters. The average molecular weight is 289 g/mol. The number of carbonyl (C=O) groups is 1. The van der Waals surface area contributed by atoms with Crippen LogP contribution in [0, 0.1) is 0 Å². The Morgan fingerprint density at radius 3 is 3.05 bits per heavy atom. The first kappa shape index (κ1) is 13.5. The number of ether oxygens (including phenoxy) is 1. The minimum atomic E-state index is -0.318. The van der Waals surface area contributed by atoms with Crippen LogP contribution in [0.25, 0.3) is 0 Å². The van der Waals surface area contributed by atoms with Crippen LogP contribution < -0.4 is 5.32 Å². The molecule has 8 nitrogen and oxygen atoms in total. The summed E-state index contributed by atoms with van der Waals surface area (Å²) in [6.07, 6.45) is 5.55. The molecule has 2 aromatic rings. The number of anilines is 1. The van der Waals surface area contributed by atoms with Gasteiger partial charge in [0.05, 0.1) is 19.3 Å². The maximum absolute atomic E-state index is 12.3. The number of nitrogens with zero attached hydrogens (tertiary/aromatic N) is 4. The molecule has 1 aliphatic heterocycles. The molecule has 0 radical (unpaired) electrons. The second-order valence-electron chi connectivity index (χ2n) is 4.52. The molecule has 0 aromatic carbocycles. The van der Waals surface area contributed by atoms with Crippen molar-refractivity contribution in [3.8, 4) is 0 Å². The summed E-state index contributed by atoms with van der Waals surface area (Å²) >= 11 is 0. The summed E-state index contributed by atoms with van der Waals surface area (Å²) in [5, 5.41) is 2.98. The lowest BCUT2D eigenvalue weighted by atomic mass is 10.2. The minimum Gasteiger partial charge on any atom is -0.438 e. The Hall–Kier alpha value is -2.48. The molecule has 3 rings (SSSR count). The molecule has 0 spiro atoms. The molecule has 1 N–H and O–H groups in total. The van der Waals surface area contributed by atoms with Crippen LogP contribution in [0.4, 0.5) is 5.82 Å². The van der Waals surface area contributed by atoms with Gasteiger partial charge in [0.2, 0.25) is 5.76 Å². The van der Waals surface area contributed by atoms with E-state index in [9.17, 15) is 4.79 Å². The summed E-state index contributed by atoms with van der Waals surface area (Å²) in [6.45, 7) is 1.34. The van der Waals surface area contributed by atoms with Crippen molar-refractivity contribution in [3.63, 3.8) is 0 Å². The van der Waals surface area contributed by atoms with Crippen LogP contribution in [-0.2, 0) is 4.74 Å². The minimum absolute atomic E-state index is 0.198. The van der Waals surface area contributed by atoms with E-state index in [2.05, 4.69) is 20.3 Å². The SMILES string of the molecule is CNc1nccnc1[C@H]1CN(C(=O)c2cnco2)CCO1. The van der Waals surface area contributed by atoms with Gasteiger partial charge in [-0.1, -0.05) is 0 Å². The Kier molecular flexibility index (Phi) is 3.78. The van der Waals surface area contributed by atoms with Crippen molar-refractivity contribution in [1.82, 2.24) is 19.9 Å². The fourth-order valence-electron chi connectivity index (χ4n) is 2.25. The largest absolute Gasteiger partial charge is 0.438 e. The van der Waals surface area contributed by atoms with Crippen LogP contribution in [0.1, 0.15) is 22.4 Å². The molecule has 1 amide bonds. The molecule has 3 heterocycles. The fraction of sp³-hybridized carbons (Fsp3) is 0.385. The Morgan fingerprint density at radius 1 is 1.43 bits per heavy atom. The van der Waals surface area contributed by atoms with Gasteiger partial charge in [-0.2, -0.15) is 0 Å². The number of amides is 1. The number of rotatable bonds is 3. The van der Waals surface area contributed by atoms with Crippen molar-refractivity contribution >= 4 is 11.7 Å². The highest BCUT2D eigenvalue weighted by atomic mass is 16.5. The molecular weight excluding hydrogens is 274 g/mol. The molecule has 8 heteroatoms. The number of oxazole rings is 1. The number of morpholine rings is 1. The van der Waals surface area contributed by atoms with Crippen molar-refractivity contribution in [3.05, 3.63) is 36.4 Å². The third-order valence-corrected chi connectivity index (χ3v) is 3.27. The van der Waals surface area contributed by atoms with Crippen LogP contribution in [0.15, 0.2) is 29.4 Å². The summed E-state index contributed by atoms with van der Waals surface area (Å²) in [5.74, 6) is 0.677. The Labute approximate surface area is 121 Å². The first-order chi connectivity index (χ1) is 10.3. The zero-order chi connectivity index (χ0) is 14.7. The summed E-state index contributed by atoms with van der Waals surface area (Å²) in [6, 6.07) is 0. The lowest BCUT2D eigenvalue weighted by molar-refractivity contribution is -0.0254. The van der Waals surface area contributed by atoms with Gasteiger partial charge in [-0.25, -0.2) is 9.97 Å². The summed E-state index contributed by atoms with van der Waals surface area (Å²) in [5.41, 5.74) is 0.690. The number of nitrogens with one attached hydrogen (secondary N) is 1. The molecule has 1 fully saturated rings. The Morgan fingerprint density at radius 2 is 2.29 bits per heavy atom. The van der Waals surface area contributed by atoms with E-state index >= 15 is 0 Å². The lowest BCUT2D eigenvalue weighted by Gasteiger charge is -2.32. The molecule has 2 aromatic heterocycles. The normalized spacial score (nSPS) is 18.5. The van der Waals surface area contributed by atoms with Gasteiger partial charge in [-0.3, -0.25) is 9.78 Å². The molecule has 0 bridgehead atoms. The fourth-order valence-corrected chi connectivity index (χ4v) is 2.25. The third kappa shape index (κ3) is 2.70. The maximum atomic E-state index is 12.3. The van der Waals surface area contributed by atoms with E-state index in [1.165, 1.54) is 12.6 Å². The highest BCUT2D eigenvalue weighted by Crippen LogP contribution is 2.25. The highest BCUT2D eigenvalue weighted by molar-refractivity contribution is 5.91. The first-order valence-electron chi connectivity index (χ1n) is 6.57. The van der Waals surface area contributed by atoms with Crippen LogP contribution >= 0.6 is 0 Å². The summed E-state index contributed by atoms with van der Waals surface area (Å²) < 4.78 is 10.8. The van der Waals surface area contributed by atoms with Crippen molar-refractivity contribution in [2.45, 2.75) is 6.10 Å². The quantitative estimate of drug-likeness (QED) is 0.889. The summed E-state index contributed by atoms with van der Waals surface area (Å²) in [7, 11) is 1.77. The molecule has 0 unspecified atom stereocenters. The van der Waals surface area contributed by atoms with Crippen molar-refractivity contribution in [2.75, 3.05) is 32.1 Å². The molecule has 110 valence electrons. The van der Waals surface area contributed by atoms with Gasteiger partial charge in [-0.05, 0) is 0 Å². The van der Waals surface area contributed by atoms with Crippen LogP contribution in [0.5, 0.6) is 0 Å². The van der Waals surface area contributed by atoms with Gasteiger partial charge in [0, 0.05) is 26.0 Å². The van der Waals surface area contributed by atoms with E-state index in [4.69, 9.17) is 9.15 Å². The van der Waals surface area contributed by atoms with Crippen LogP contribution in [0.3, 0.4) is 0 Å². The van der Waals surface area contributed by atoms with E-state index in [0.717, 1.165) is 0 Å². The second-order valence-corrected chi connectivity index (χ2v) is 4.52. The molecule has 0 aliphatic carbocycles. The maximum Gasteiger partial charge on any atom is 0.291 e. The highest BCUT2D eigenvalue weighted by Gasteiger charge is 2.29. The van der Waals surface area contributed by atoms with Crippen molar-refractivity contribution in [2.24, 2.45) is 0 Å². The average Bonchev–Trinajstić information content (AvgIpc) is 3.08. The van der Waals surface area contributed by atoms with Gasteiger partial charge in [0.25, 0.3) is 5.91 Å². The molecule has 0 saturated carbocycles. The lowest BCUT2D eigenvalue weighted by Crippen LogP contribution is -2.42. The predicted octanol–water partition coefficient (Wildman–Crippen LogP) is 0.720. The van der Waals surface area contributed by atoms with Crippen LogP contribution in [-0.4, -0.2) is 52.5 Å². The zero-order valence-electron chi connectivity index (χ0n) is 11.5. The monoisotopic (exact) mass is 289 g/mol. The zero-order valence-corrected chi connectivity index (χ0v) is 11.5. The smallest absolute Gasteiger partial charge is 0.291 e. The Bertz CT molecular complexity index is 616. The number of carbonyl (C=O) groups excluding carboxylic acids is 1. The first-order valence-corrected chi connectivity index (χ1v) is 6.57. The summed E-state index contributed by atoms with van der Waals surface area (Å²) in [4.78, 5) is 26.2. The van der Waals surface area contributed by atoms with E-state index < -0.39 is 0 Å². The molecule has 1 saturated heterocycles. The van der Waals surface area contributed by atoms with E-state index in [1.54, 1.807) is 24.3 Å². The van der Waals surface area contributed by atoms with E-state index in [0.29, 0.717) is 31.2 Å². The van der Waals surface area contributed by atoms with Crippen molar-refractivity contribution in [1.29, 1.82) is 0 Å². The van der Waals surface area contributed by atoms with E-state index in [-0.39, 0.29) is 17.8 Å². The molecular formula is C13H15N5O3. The van der Waals surface area contributed by atoms with Crippen molar-refractivity contribution < 1.29 is 13.9 Å². The Balaban J connectivity index is 1.78. The standard InChI is InChI=1S/C13H15N5O3/c1-14-12-11(16-2-3-17-12)10-7-18(4-5-20-10)13(19)9-6-15-8-21-9/h2-3,6,8,10H,4-5,7H2,1H3,(H,14,17)/t10-/m1/s1. The molecule has 1 aliphatic rings. The van der Waals surface area contributed by atoms with Gasteiger partial charge in [-0.15, -0.1) is 0 Å². The number of hydrogen-bond acceptors (Lipinski definition) is 7. The number of hydrogen-bond donors (Lipinski definition) is 1.